The van der Waals surface area contributed by atoms with Crippen LogP contribution in [0.3, 0.4) is 0 Å². The number of amides is 2. The fourth-order valence-electron chi connectivity index (χ4n) is 2.52. The molecule has 0 saturated carbocycles. The van der Waals surface area contributed by atoms with E-state index < -0.39 is 18.0 Å². The smallest absolute Gasteiger partial charge is 0.407 e. The molecule has 0 bridgehead atoms. The summed E-state index contributed by atoms with van der Waals surface area (Å²) >= 11 is 6.61. The van der Waals surface area contributed by atoms with Crippen molar-refractivity contribution in [2.45, 2.75) is 19.4 Å². The second-order valence-electron chi connectivity index (χ2n) is 5.97. The molecule has 2 aromatic carbocycles. The number of benzene rings is 2. The molecule has 2 amide bonds. The topological polar surface area (TPSA) is 109 Å². The molecule has 2 rings (SSSR count). The van der Waals surface area contributed by atoms with Gasteiger partial charge < -0.3 is 19.9 Å². The van der Waals surface area contributed by atoms with E-state index in [1.807, 2.05) is 30.3 Å². The van der Waals surface area contributed by atoms with Gasteiger partial charge in [0.1, 0.15) is 0 Å². The van der Waals surface area contributed by atoms with Gasteiger partial charge in [0.05, 0.1) is 36.9 Å². The van der Waals surface area contributed by atoms with E-state index in [4.69, 9.17) is 9.47 Å². The van der Waals surface area contributed by atoms with Crippen LogP contribution in [0.25, 0.3) is 0 Å². The maximum Gasteiger partial charge on any atom is 0.407 e. The van der Waals surface area contributed by atoms with E-state index in [2.05, 4.69) is 47.7 Å². The van der Waals surface area contributed by atoms with Crippen LogP contribution in [0, 0.1) is 0 Å². The predicted octanol–water partition coefficient (Wildman–Crippen LogP) is 4.25. The van der Waals surface area contributed by atoms with Crippen LogP contribution in [0.4, 0.5) is 4.79 Å². The van der Waals surface area contributed by atoms with Gasteiger partial charge in [0, 0.05) is 10.0 Å². The Hall–Kier alpha value is -2.59. The van der Waals surface area contributed by atoms with Crippen molar-refractivity contribution in [1.29, 1.82) is 0 Å². The Kier molecular flexibility index (Phi) is 9.13. The monoisotopic (exact) mass is 541 g/mol. The fourth-order valence-corrected chi connectivity index (χ4v) is 3.35. The number of ether oxygens (including phenoxy) is 2. The molecule has 160 valence electrons. The van der Waals surface area contributed by atoms with Crippen LogP contribution in [-0.4, -0.2) is 37.0 Å². The SMILES string of the molecule is CCOC(=O)N[C@@H](CC(=O)N/N=C\c1cc(OC)c(O)c(Br)c1Br)c1ccccc1. The molecule has 10 heteroatoms. The standard InChI is InChI=1S/C20H21Br2N3O5/c1-3-30-20(28)24-14(12-7-5-4-6-8-12)10-16(26)25-23-11-13-9-15(29-2)19(27)18(22)17(13)21/h4-9,11,14,27H,3,10H2,1-2H3,(H,24,28)(H,25,26)/b23-11-/t14-/m0/s1. The number of aromatic hydroxyl groups is 1. The highest BCUT2D eigenvalue weighted by atomic mass is 79.9. The number of phenolic OH excluding ortho intramolecular Hbond substituents is 1. The number of carbonyl (C=O) groups is 2. The molecule has 0 aliphatic heterocycles. The molecule has 2 aromatic rings. The third-order valence-corrected chi connectivity index (χ3v) is 6.10. The third kappa shape index (κ3) is 6.46. The molecule has 8 nitrogen and oxygen atoms in total. The van der Waals surface area contributed by atoms with Crippen LogP contribution in [0.2, 0.25) is 0 Å². The van der Waals surface area contributed by atoms with Gasteiger partial charge in [0.2, 0.25) is 5.91 Å². The number of nitrogens with zero attached hydrogens (tertiary/aromatic N) is 1. The van der Waals surface area contributed by atoms with Crippen molar-refractivity contribution in [3.63, 3.8) is 0 Å². The van der Waals surface area contributed by atoms with E-state index in [1.54, 1.807) is 13.0 Å². The predicted molar refractivity (Wildman–Crippen MR) is 120 cm³/mol. The quantitative estimate of drug-likeness (QED) is 0.341. The van der Waals surface area contributed by atoms with Crippen LogP contribution in [0.1, 0.15) is 30.5 Å². The second-order valence-corrected chi connectivity index (χ2v) is 7.56. The molecule has 0 fully saturated rings. The summed E-state index contributed by atoms with van der Waals surface area (Å²) in [4.78, 5) is 24.2. The Morgan fingerprint density at radius 2 is 1.93 bits per heavy atom. The molecule has 0 radical (unpaired) electrons. The number of phenols is 1. The summed E-state index contributed by atoms with van der Waals surface area (Å²) in [6, 6.07) is 10.1. The molecular formula is C20H21Br2N3O5. The molecule has 0 saturated heterocycles. The Morgan fingerprint density at radius 1 is 1.23 bits per heavy atom. The van der Waals surface area contributed by atoms with Crippen molar-refractivity contribution in [2.24, 2.45) is 5.10 Å². The van der Waals surface area contributed by atoms with Crippen molar-refractivity contribution >= 4 is 50.1 Å². The molecule has 1 atom stereocenters. The minimum absolute atomic E-state index is 0.0378. The van der Waals surface area contributed by atoms with Crippen molar-refractivity contribution in [3.8, 4) is 11.5 Å². The maximum atomic E-state index is 12.4. The minimum atomic E-state index is -0.604. The van der Waals surface area contributed by atoms with Gasteiger partial charge in [-0.3, -0.25) is 4.79 Å². The third-order valence-electron chi connectivity index (χ3n) is 3.95. The molecule has 30 heavy (non-hydrogen) atoms. The molecule has 0 aromatic heterocycles. The molecule has 0 aliphatic rings. The average molecular weight is 543 g/mol. The van der Waals surface area contributed by atoms with Gasteiger partial charge in [0.15, 0.2) is 11.5 Å². The van der Waals surface area contributed by atoms with Crippen molar-refractivity contribution < 1.29 is 24.2 Å². The summed E-state index contributed by atoms with van der Waals surface area (Å²) in [6.45, 7) is 1.93. The first-order valence-electron chi connectivity index (χ1n) is 8.92. The lowest BCUT2D eigenvalue weighted by Crippen LogP contribution is -2.33. The summed E-state index contributed by atoms with van der Waals surface area (Å²) in [5, 5.41) is 16.6. The van der Waals surface area contributed by atoms with Gasteiger partial charge >= 0.3 is 6.09 Å². The van der Waals surface area contributed by atoms with E-state index >= 15 is 0 Å². The summed E-state index contributed by atoms with van der Waals surface area (Å²) < 4.78 is 11.0. The highest BCUT2D eigenvalue weighted by Gasteiger charge is 2.19. The average Bonchev–Trinajstić information content (AvgIpc) is 2.74. The van der Waals surface area contributed by atoms with Gasteiger partial charge in [-0.05, 0) is 50.4 Å². The number of halogens is 2. The van der Waals surface area contributed by atoms with Gasteiger partial charge in [-0.1, -0.05) is 30.3 Å². The van der Waals surface area contributed by atoms with E-state index in [9.17, 15) is 14.7 Å². The first-order chi connectivity index (χ1) is 14.4. The summed E-state index contributed by atoms with van der Waals surface area (Å²) in [7, 11) is 1.43. The number of carbonyl (C=O) groups excluding carboxylic acids is 2. The van der Waals surface area contributed by atoms with Crippen LogP contribution in [0.5, 0.6) is 11.5 Å². The normalized spacial score (nSPS) is 11.7. The van der Waals surface area contributed by atoms with Gasteiger partial charge in [-0.25, -0.2) is 10.2 Å². The minimum Gasteiger partial charge on any atom is -0.503 e. The van der Waals surface area contributed by atoms with Gasteiger partial charge in [0.25, 0.3) is 0 Å². The summed E-state index contributed by atoms with van der Waals surface area (Å²) in [6.07, 6.45) is 0.766. The largest absolute Gasteiger partial charge is 0.503 e. The summed E-state index contributed by atoms with van der Waals surface area (Å²) in [5.74, 6) is -0.209. The number of hydrazone groups is 1. The zero-order chi connectivity index (χ0) is 22.1. The van der Waals surface area contributed by atoms with Crippen LogP contribution in [-0.2, 0) is 9.53 Å². The second kappa shape index (κ2) is 11.6. The first-order valence-corrected chi connectivity index (χ1v) is 10.5. The zero-order valence-corrected chi connectivity index (χ0v) is 19.5. The van der Waals surface area contributed by atoms with E-state index in [0.29, 0.717) is 14.5 Å². The lowest BCUT2D eigenvalue weighted by atomic mass is 10.0. The summed E-state index contributed by atoms with van der Waals surface area (Å²) in [5.41, 5.74) is 3.77. The molecule has 0 heterocycles. The van der Waals surface area contributed by atoms with Crippen molar-refractivity contribution in [1.82, 2.24) is 10.7 Å². The number of methoxy groups -OCH3 is 1. The van der Waals surface area contributed by atoms with Crippen molar-refractivity contribution in [2.75, 3.05) is 13.7 Å². The van der Waals surface area contributed by atoms with Gasteiger partial charge in [-0.2, -0.15) is 5.10 Å². The van der Waals surface area contributed by atoms with E-state index in [-0.39, 0.29) is 24.5 Å². The first kappa shape index (κ1) is 23.7. The Morgan fingerprint density at radius 3 is 2.57 bits per heavy atom. The molecule has 3 N–H and O–H groups in total. The Balaban J connectivity index is 2.09. The zero-order valence-electron chi connectivity index (χ0n) is 16.3. The van der Waals surface area contributed by atoms with Crippen LogP contribution >= 0.6 is 31.9 Å². The number of hydrogen-bond donors (Lipinski definition) is 3. The maximum absolute atomic E-state index is 12.4. The molecule has 0 spiro atoms. The van der Waals surface area contributed by atoms with E-state index in [0.717, 1.165) is 5.56 Å². The lowest BCUT2D eigenvalue weighted by molar-refractivity contribution is -0.121. The molecule has 0 aliphatic carbocycles. The van der Waals surface area contributed by atoms with Crippen molar-refractivity contribution in [3.05, 3.63) is 56.5 Å². The Bertz CT molecular complexity index is 922. The van der Waals surface area contributed by atoms with E-state index in [1.165, 1.54) is 13.3 Å². The molecule has 0 unspecified atom stereocenters. The highest BCUT2D eigenvalue weighted by Crippen LogP contribution is 2.41. The number of hydrogen-bond acceptors (Lipinski definition) is 6. The number of nitrogens with one attached hydrogen (secondary N) is 2. The van der Waals surface area contributed by atoms with Gasteiger partial charge in [-0.15, -0.1) is 0 Å². The lowest BCUT2D eigenvalue weighted by Gasteiger charge is -2.18. The highest BCUT2D eigenvalue weighted by molar-refractivity contribution is 9.13. The van der Waals surface area contributed by atoms with Crippen LogP contribution in [0.15, 0.2) is 50.4 Å². The number of alkyl carbamates (subject to hydrolysis) is 1. The number of rotatable bonds is 8. The Labute approximate surface area is 190 Å². The molecular weight excluding hydrogens is 522 g/mol. The van der Waals surface area contributed by atoms with Crippen LogP contribution < -0.4 is 15.5 Å². The fraction of sp³-hybridized carbons (Fsp3) is 0.250.